The summed E-state index contributed by atoms with van der Waals surface area (Å²) in [6.07, 6.45) is 7.38. The molecule has 5 heterocycles. The fourth-order valence-corrected chi connectivity index (χ4v) is 15.4. The molecule has 2 aliphatic rings. The van der Waals surface area contributed by atoms with Crippen molar-refractivity contribution in [2.45, 2.75) is 168 Å². The zero-order chi connectivity index (χ0) is 59.5. The van der Waals surface area contributed by atoms with Crippen LogP contribution in [0.25, 0.3) is 88.7 Å². The molecule has 2 aliphatic carbocycles. The third-order valence-electron chi connectivity index (χ3n) is 19.1. The van der Waals surface area contributed by atoms with Gasteiger partial charge in [-0.25, -0.2) is 19.9 Å². The Kier molecular flexibility index (Phi) is 12.2. The third-order valence-corrected chi connectivity index (χ3v) is 19.1. The predicted molar refractivity (Wildman–Crippen MR) is 353 cm³/mol. The highest BCUT2D eigenvalue weighted by molar-refractivity contribution is 5.99. The van der Waals surface area contributed by atoms with Crippen LogP contribution in [0.1, 0.15) is 166 Å². The minimum atomic E-state index is -0.225. The molecule has 0 bridgehead atoms. The average Bonchev–Trinajstić information content (AvgIpc) is 1.63. The van der Waals surface area contributed by atoms with Crippen LogP contribution in [-0.2, 0) is 58.2 Å². The molecule has 0 amide bonds. The molecule has 5 aromatic heterocycles. The Bertz CT molecular complexity index is 4580. The Hall–Kier alpha value is -8.23. The molecule has 7 aromatic carbocycles. The van der Waals surface area contributed by atoms with Gasteiger partial charge in [-0.2, -0.15) is 0 Å². The second-order valence-corrected chi connectivity index (χ2v) is 29.9. The van der Waals surface area contributed by atoms with Crippen LogP contribution >= 0.6 is 0 Å². The lowest BCUT2D eigenvalue weighted by Gasteiger charge is -2.22. The van der Waals surface area contributed by atoms with Gasteiger partial charge in [0.05, 0.1) is 33.1 Å². The number of fused-ring (bicyclic) bond motifs is 12. The van der Waals surface area contributed by atoms with E-state index < -0.39 is 0 Å². The van der Waals surface area contributed by atoms with Crippen molar-refractivity contribution in [3.63, 3.8) is 0 Å². The molecule has 0 fully saturated rings. The number of hydrogen-bond donors (Lipinski definition) is 1. The maximum atomic E-state index is 12.3. The first kappa shape index (κ1) is 54.7. The molecular weight excluding hydrogens is 1040 g/mol. The van der Waals surface area contributed by atoms with E-state index in [2.05, 4.69) is 238 Å². The fraction of sp³-hybridized carbons (Fsp3) is 0.338. The summed E-state index contributed by atoms with van der Waals surface area (Å²) in [5.74, 6) is 2.06. The van der Waals surface area contributed by atoms with Crippen LogP contribution < -0.4 is 5.43 Å². The van der Waals surface area contributed by atoms with E-state index in [1.54, 1.807) is 18.3 Å². The Balaban J connectivity index is 0.828. The van der Waals surface area contributed by atoms with Crippen molar-refractivity contribution in [2.75, 3.05) is 0 Å². The standard InChI is InChI=1S/C77H79N7O/c1-72(2,3)70-81-62-36-45(23-29-55(62)68-79-64-39-57-59(41-66(64)83(68)70)76(11,12)43-74(57,7)8)19-21-47-33-48(35-51(34-47)54-18-16-15-17-53(54)49-25-27-50(28-26-49)61-38-52(85)31-32-78-61)22-20-46-24-30-56-63(37-46)82-71(73(4,5)6)84-67-42-60-58(40-65(67)80-69(56)84)75(9,10)44-77(60,13)14/h15-18,23-42H,19-22,43-44H2,1-14H3,(H,78,85). The molecule has 8 nitrogen and oxygen atoms in total. The molecule has 0 aliphatic heterocycles. The number of imidazole rings is 2. The van der Waals surface area contributed by atoms with Gasteiger partial charge in [-0.05, 0) is 181 Å². The quantitative estimate of drug-likeness (QED) is 0.155. The number of aromatic amines is 1. The Labute approximate surface area is 499 Å². The second-order valence-electron chi connectivity index (χ2n) is 29.9. The molecule has 85 heavy (non-hydrogen) atoms. The van der Waals surface area contributed by atoms with Crippen molar-refractivity contribution in [2.24, 2.45) is 0 Å². The highest BCUT2D eigenvalue weighted by Crippen LogP contribution is 2.52. The van der Waals surface area contributed by atoms with Crippen molar-refractivity contribution in [1.82, 2.24) is 33.7 Å². The predicted octanol–water partition coefficient (Wildman–Crippen LogP) is 18.2. The van der Waals surface area contributed by atoms with Gasteiger partial charge in [-0.3, -0.25) is 13.6 Å². The molecule has 0 saturated heterocycles. The van der Waals surface area contributed by atoms with E-state index in [1.165, 1.54) is 55.6 Å². The third kappa shape index (κ3) is 9.28. The number of H-pyrrole nitrogens is 1. The molecule has 428 valence electrons. The minimum Gasteiger partial charge on any atom is -0.361 e. The van der Waals surface area contributed by atoms with Gasteiger partial charge >= 0.3 is 0 Å². The highest BCUT2D eigenvalue weighted by atomic mass is 16.1. The maximum Gasteiger partial charge on any atom is 0.182 e. The average molecular weight is 1120 g/mol. The van der Waals surface area contributed by atoms with E-state index >= 15 is 0 Å². The van der Waals surface area contributed by atoms with Gasteiger partial charge in [0.2, 0.25) is 0 Å². The lowest BCUT2D eigenvalue weighted by Crippen LogP contribution is -2.19. The van der Waals surface area contributed by atoms with Crippen LogP contribution in [0.3, 0.4) is 0 Å². The first-order chi connectivity index (χ1) is 40.2. The van der Waals surface area contributed by atoms with Crippen molar-refractivity contribution in [3.8, 4) is 33.5 Å². The van der Waals surface area contributed by atoms with Gasteiger partial charge < -0.3 is 4.98 Å². The lowest BCUT2D eigenvalue weighted by molar-refractivity contribution is 0.403. The maximum absolute atomic E-state index is 12.3. The smallest absolute Gasteiger partial charge is 0.182 e. The fourth-order valence-electron chi connectivity index (χ4n) is 15.4. The molecule has 0 spiro atoms. The molecular formula is C77H79N7O. The summed E-state index contributed by atoms with van der Waals surface area (Å²) in [5, 5.41) is 2.16. The summed E-state index contributed by atoms with van der Waals surface area (Å²) >= 11 is 0. The summed E-state index contributed by atoms with van der Waals surface area (Å²) in [4.78, 5) is 37.5. The molecule has 0 unspecified atom stereocenters. The molecule has 0 radical (unpaired) electrons. The molecule has 12 aromatic rings. The zero-order valence-electron chi connectivity index (χ0n) is 52.2. The number of hydrogen-bond acceptors (Lipinski definition) is 5. The number of pyridine rings is 1. The normalized spacial score (nSPS) is 16.2. The number of aryl methyl sites for hydroxylation is 4. The van der Waals surface area contributed by atoms with E-state index in [1.807, 2.05) is 0 Å². The summed E-state index contributed by atoms with van der Waals surface area (Å²) in [6, 6.07) is 51.1. The van der Waals surface area contributed by atoms with E-state index in [0.29, 0.717) is 0 Å². The summed E-state index contributed by atoms with van der Waals surface area (Å²) in [6.45, 7) is 32.7. The number of aromatic nitrogens is 7. The molecule has 0 saturated carbocycles. The van der Waals surface area contributed by atoms with Gasteiger partial charge in [0.1, 0.15) is 22.9 Å². The van der Waals surface area contributed by atoms with Crippen LogP contribution in [0, 0.1) is 0 Å². The van der Waals surface area contributed by atoms with Crippen molar-refractivity contribution in [3.05, 3.63) is 212 Å². The van der Waals surface area contributed by atoms with Gasteiger partial charge in [-0.1, -0.05) is 176 Å². The van der Waals surface area contributed by atoms with Crippen molar-refractivity contribution in [1.29, 1.82) is 0 Å². The van der Waals surface area contributed by atoms with Crippen LogP contribution in [-0.4, -0.2) is 33.7 Å². The number of nitrogens with zero attached hydrogens (tertiary/aromatic N) is 6. The molecule has 8 heteroatoms. The Morgan fingerprint density at radius 1 is 0.424 bits per heavy atom. The van der Waals surface area contributed by atoms with E-state index in [9.17, 15) is 4.79 Å². The van der Waals surface area contributed by atoms with E-state index in [4.69, 9.17) is 19.9 Å². The first-order valence-electron chi connectivity index (χ1n) is 30.8. The first-order valence-corrected chi connectivity index (χ1v) is 30.8. The Morgan fingerprint density at radius 2 is 0.847 bits per heavy atom. The van der Waals surface area contributed by atoms with Gasteiger partial charge in [0, 0.05) is 45.6 Å². The monoisotopic (exact) mass is 1120 g/mol. The highest BCUT2D eigenvalue weighted by Gasteiger charge is 2.44. The van der Waals surface area contributed by atoms with Crippen LogP contribution in [0.4, 0.5) is 0 Å². The lowest BCUT2D eigenvalue weighted by atomic mass is 9.82. The van der Waals surface area contributed by atoms with Crippen LogP contribution in [0.5, 0.6) is 0 Å². The van der Waals surface area contributed by atoms with Gasteiger partial charge in [0.15, 0.2) is 5.43 Å². The minimum absolute atomic E-state index is 0.0151. The zero-order valence-corrected chi connectivity index (χ0v) is 52.2. The van der Waals surface area contributed by atoms with Crippen LogP contribution in [0.2, 0.25) is 0 Å². The number of nitrogens with one attached hydrogen (secondary N) is 1. The number of rotatable bonds is 9. The van der Waals surface area contributed by atoms with Gasteiger partial charge in [0.25, 0.3) is 0 Å². The summed E-state index contributed by atoms with van der Waals surface area (Å²) in [5.41, 5.74) is 25.4. The van der Waals surface area contributed by atoms with Crippen molar-refractivity contribution >= 4 is 55.2 Å². The molecule has 1 N–H and O–H groups in total. The Morgan fingerprint density at radius 3 is 1.29 bits per heavy atom. The summed E-state index contributed by atoms with van der Waals surface area (Å²) < 4.78 is 4.71. The topological polar surface area (TPSA) is 93.2 Å². The van der Waals surface area contributed by atoms with Crippen LogP contribution in [0.15, 0.2) is 151 Å². The molecule has 0 atom stereocenters. The van der Waals surface area contributed by atoms with E-state index in [0.717, 1.165) is 128 Å². The molecule has 14 rings (SSSR count). The SMILES string of the molecule is CC(C)(C)c1nc2cc(CCc3cc(CCc4ccc5c(c4)nc(C(C)(C)C)n4c6cc7c(cc6nc54)C(C)(C)CC7(C)C)cc(-c4ccccc4-c4ccc(-c5cc(=O)cc[nH]5)cc4)c3)ccc2c2nc3cc4c(cc3n12)C(C)(C)CC4(C)C. The second kappa shape index (κ2) is 18.9. The van der Waals surface area contributed by atoms with Crippen molar-refractivity contribution < 1.29 is 0 Å². The largest absolute Gasteiger partial charge is 0.361 e. The van der Waals surface area contributed by atoms with E-state index in [-0.39, 0.29) is 37.9 Å². The number of benzene rings is 7. The summed E-state index contributed by atoms with van der Waals surface area (Å²) in [7, 11) is 0. The van der Waals surface area contributed by atoms with Gasteiger partial charge in [-0.15, -0.1) is 0 Å².